The predicted octanol–water partition coefficient (Wildman–Crippen LogP) is 5.32. The molecule has 2 nitrogen and oxygen atoms in total. The maximum Gasteiger partial charge on any atom is 0.255 e. The highest BCUT2D eigenvalue weighted by molar-refractivity contribution is 9.10. The smallest absolute Gasteiger partial charge is 0.255 e. The molecular weight excluding hydrogens is 349 g/mol. The van der Waals surface area contributed by atoms with Crippen LogP contribution in [0, 0.1) is 6.92 Å². The Labute approximate surface area is 129 Å². The molecule has 0 radical (unpaired) electrons. The van der Waals surface area contributed by atoms with Crippen LogP contribution in [0.3, 0.4) is 0 Å². The maximum absolute atomic E-state index is 12.1. The first-order valence-electron chi connectivity index (χ1n) is 5.50. The van der Waals surface area contributed by atoms with Gasteiger partial charge in [-0.3, -0.25) is 4.79 Å². The van der Waals surface area contributed by atoms with Gasteiger partial charge in [-0.15, -0.1) is 0 Å². The summed E-state index contributed by atoms with van der Waals surface area (Å²) in [5, 5.41) is 3.97. The monoisotopic (exact) mass is 357 g/mol. The highest BCUT2D eigenvalue weighted by atomic mass is 79.9. The normalized spacial score (nSPS) is 10.3. The predicted molar refractivity (Wildman–Crippen MR) is 83.3 cm³/mol. The highest BCUT2D eigenvalue weighted by Gasteiger charge is 2.09. The number of carbonyl (C=O) groups excluding carboxylic acids is 1. The van der Waals surface area contributed by atoms with Crippen LogP contribution < -0.4 is 5.32 Å². The van der Waals surface area contributed by atoms with Gasteiger partial charge in [-0.2, -0.15) is 0 Å². The fourth-order valence-electron chi connectivity index (χ4n) is 1.52. The van der Waals surface area contributed by atoms with Gasteiger partial charge in [0.1, 0.15) is 0 Å². The SMILES string of the molecule is Cc1ccc(C(=O)Nc2ccc(Cl)cc2Br)cc1Cl. The van der Waals surface area contributed by atoms with Crippen molar-refractivity contribution in [1.29, 1.82) is 0 Å². The van der Waals surface area contributed by atoms with Crippen molar-refractivity contribution < 1.29 is 4.79 Å². The third-order valence-corrected chi connectivity index (χ3v) is 3.91. The van der Waals surface area contributed by atoms with Crippen molar-refractivity contribution in [3.05, 3.63) is 62.0 Å². The van der Waals surface area contributed by atoms with Crippen LogP contribution in [-0.2, 0) is 0 Å². The molecule has 0 bridgehead atoms. The van der Waals surface area contributed by atoms with Gasteiger partial charge in [0.25, 0.3) is 5.91 Å². The van der Waals surface area contributed by atoms with E-state index in [1.807, 2.05) is 13.0 Å². The van der Waals surface area contributed by atoms with Crippen LogP contribution >= 0.6 is 39.1 Å². The van der Waals surface area contributed by atoms with Crippen molar-refractivity contribution in [2.75, 3.05) is 5.32 Å². The van der Waals surface area contributed by atoms with Crippen LogP contribution in [0.1, 0.15) is 15.9 Å². The summed E-state index contributed by atoms with van der Waals surface area (Å²) in [6, 6.07) is 10.4. The number of anilines is 1. The number of amides is 1. The van der Waals surface area contributed by atoms with Crippen LogP contribution in [0.5, 0.6) is 0 Å². The molecule has 0 saturated heterocycles. The third-order valence-electron chi connectivity index (χ3n) is 2.61. The molecular formula is C14H10BrCl2NO. The molecule has 1 N–H and O–H groups in total. The highest BCUT2D eigenvalue weighted by Crippen LogP contribution is 2.26. The van der Waals surface area contributed by atoms with E-state index in [0.717, 1.165) is 10.0 Å². The Balaban J connectivity index is 2.23. The average molecular weight is 359 g/mol. The van der Waals surface area contributed by atoms with Crippen molar-refractivity contribution in [3.8, 4) is 0 Å². The Bertz CT molecular complexity index is 643. The molecule has 0 aliphatic carbocycles. The van der Waals surface area contributed by atoms with E-state index in [1.54, 1.807) is 30.3 Å². The summed E-state index contributed by atoms with van der Waals surface area (Å²) in [6.45, 7) is 1.89. The van der Waals surface area contributed by atoms with Gasteiger partial charge in [0, 0.05) is 20.1 Å². The topological polar surface area (TPSA) is 29.1 Å². The van der Waals surface area contributed by atoms with Crippen molar-refractivity contribution in [2.45, 2.75) is 6.92 Å². The summed E-state index contributed by atoms with van der Waals surface area (Å²) in [5.74, 6) is -0.218. The summed E-state index contributed by atoms with van der Waals surface area (Å²) in [5.41, 5.74) is 2.11. The lowest BCUT2D eigenvalue weighted by Crippen LogP contribution is -2.12. The summed E-state index contributed by atoms with van der Waals surface area (Å²) in [4.78, 5) is 12.1. The quantitative estimate of drug-likeness (QED) is 0.773. The van der Waals surface area contributed by atoms with E-state index in [-0.39, 0.29) is 5.91 Å². The molecule has 2 aromatic rings. The van der Waals surface area contributed by atoms with Crippen LogP contribution in [-0.4, -0.2) is 5.91 Å². The second kappa shape index (κ2) is 5.95. The molecule has 0 aromatic heterocycles. The number of aryl methyl sites for hydroxylation is 1. The number of nitrogens with one attached hydrogen (secondary N) is 1. The van der Waals surface area contributed by atoms with Crippen molar-refractivity contribution >= 4 is 50.7 Å². The largest absolute Gasteiger partial charge is 0.321 e. The lowest BCUT2D eigenvalue weighted by atomic mass is 10.1. The number of hydrogen-bond acceptors (Lipinski definition) is 1. The van der Waals surface area contributed by atoms with Crippen LogP contribution in [0.15, 0.2) is 40.9 Å². The minimum Gasteiger partial charge on any atom is -0.321 e. The maximum atomic E-state index is 12.1. The van der Waals surface area contributed by atoms with Gasteiger partial charge >= 0.3 is 0 Å². The number of rotatable bonds is 2. The number of benzene rings is 2. The van der Waals surface area contributed by atoms with Gasteiger partial charge in [-0.25, -0.2) is 0 Å². The summed E-state index contributed by atoms with van der Waals surface area (Å²) < 4.78 is 0.728. The summed E-state index contributed by atoms with van der Waals surface area (Å²) in [7, 11) is 0. The minimum absolute atomic E-state index is 0.218. The number of hydrogen-bond donors (Lipinski definition) is 1. The minimum atomic E-state index is -0.218. The van der Waals surface area contributed by atoms with E-state index >= 15 is 0 Å². The molecule has 1 amide bonds. The molecule has 19 heavy (non-hydrogen) atoms. The fraction of sp³-hybridized carbons (Fsp3) is 0.0714. The molecule has 0 unspecified atom stereocenters. The molecule has 2 rings (SSSR count). The van der Waals surface area contributed by atoms with Crippen molar-refractivity contribution in [2.24, 2.45) is 0 Å². The first-order valence-corrected chi connectivity index (χ1v) is 7.05. The van der Waals surface area contributed by atoms with Crippen LogP contribution in [0.4, 0.5) is 5.69 Å². The lowest BCUT2D eigenvalue weighted by molar-refractivity contribution is 0.102. The standard InChI is InChI=1S/C14H10BrCl2NO/c1-8-2-3-9(6-12(8)17)14(19)18-13-5-4-10(16)7-11(13)15/h2-7H,1H3,(H,18,19). The van der Waals surface area contributed by atoms with Crippen molar-refractivity contribution in [1.82, 2.24) is 0 Å². The zero-order valence-corrected chi connectivity index (χ0v) is 13.1. The Morgan fingerprint density at radius 2 is 1.89 bits per heavy atom. The number of carbonyl (C=O) groups is 1. The fourth-order valence-corrected chi connectivity index (χ4v) is 2.48. The molecule has 5 heteroatoms. The van der Waals surface area contributed by atoms with Crippen LogP contribution in [0.25, 0.3) is 0 Å². The average Bonchev–Trinajstić information content (AvgIpc) is 2.36. The Morgan fingerprint density at radius 3 is 2.53 bits per heavy atom. The summed E-state index contributed by atoms with van der Waals surface area (Å²) >= 11 is 15.2. The van der Waals surface area contributed by atoms with E-state index in [2.05, 4.69) is 21.2 Å². The number of halogens is 3. The molecule has 2 aromatic carbocycles. The molecule has 0 aliphatic rings. The third kappa shape index (κ3) is 3.50. The van der Waals surface area contributed by atoms with Gasteiger partial charge in [-0.05, 0) is 58.7 Å². The second-order valence-electron chi connectivity index (χ2n) is 4.04. The Morgan fingerprint density at radius 1 is 1.16 bits per heavy atom. The van der Waals surface area contributed by atoms with Gasteiger partial charge in [0.15, 0.2) is 0 Å². The first-order chi connectivity index (χ1) is 8.97. The zero-order valence-electron chi connectivity index (χ0n) is 10.0. The Kier molecular flexibility index (Phi) is 4.50. The molecule has 0 aliphatic heterocycles. The van der Waals surface area contributed by atoms with E-state index in [0.29, 0.717) is 21.3 Å². The van der Waals surface area contributed by atoms with Gasteiger partial charge in [0.05, 0.1) is 5.69 Å². The first kappa shape index (κ1) is 14.4. The molecule has 0 fully saturated rings. The van der Waals surface area contributed by atoms with E-state index in [4.69, 9.17) is 23.2 Å². The lowest BCUT2D eigenvalue weighted by Gasteiger charge is -2.08. The van der Waals surface area contributed by atoms with E-state index in [1.165, 1.54) is 0 Å². The van der Waals surface area contributed by atoms with Gasteiger partial charge in [-0.1, -0.05) is 29.3 Å². The second-order valence-corrected chi connectivity index (χ2v) is 5.74. The molecule has 0 saturated carbocycles. The molecule has 0 heterocycles. The summed E-state index contributed by atoms with van der Waals surface area (Å²) in [6.07, 6.45) is 0. The van der Waals surface area contributed by atoms with E-state index in [9.17, 15) is 4.79 Å². The molecule has 98 valence electrons. The van der Waals surface area contributed by atoms with Gasteiger partial charge < -0.3 is 5.32 Å². The Hall–Kier alpha value is -1.03. The van der Waals surface area contributed by atoms with E-state index < -0.39 is 0 Å². The molecule has 0 atom stereocenters. The zero-order chi connectivity index (χ0) is 14.0. The van der Waals surface area contributed by atoms with Crippen molar-refractivity contribution in [3.63, 3.8) is 0 Å². The van der Waals surface area contributed by atoms with Gasteiger partial charge in [0.2, 0.25) is 0 Å². The van der Waals surface area contributed by atoms with Crippen LogP contribution in [0.2, 0.25) is 10.0 Å². The molecule has 0 spiro atoms.